The molecule has 61 heavy (non-hydrogen) atoms. The number of likely N-dealkylation sites (tertiary alicyclic amines) is 2. The number of aromatic amines is 2. The molecular formula is C46H49N9O6. The van der Waals surface area contributed by atoms with E-state index in [9.17, 15) is 19.2 Å². The topological polar surface area (TPSA) is 188 Å². The van der Waals surface area contributed by atoms with Crippen molar-refractivity contribution in [2.75, 3.05) is 27.3 Å². The van der Waals surface area contributed by atoms with E-state index >= 15 is 0 Å². The summed E-state index contributed by atoms with van der Waals surface area (Å²) >= 11 is 0. The molecule has 0 aliphatic carbocycles. The number of aromatic nitrogens is 5. The molecule has 2 aliphatic heterocycles. The zero-order valence-corrected chi connectivity index (χ0v) is 34.6. The number of benzene rings is 3. The molecule has 0 radical (unpaired) electrons. The van der Waals surface area contributed by atoms with Crippen LogP contribution in [0.1, 0.15) is 74.9 Å². The van der Waals surface area contributed by atoms with Crippen LogP contribution in [0, 0.1) is 5.92 Å². The van der Waals surface area contributed by atoms with E-state index in [1.165, 1.54) is 14.2 Å². The number of pyridine rings is 1. The van der Waals surface area contributed by atoms with Gasteiger partial charge in [-0.15, -0.1) is 0 Å². The lowest BCUT2D eigenvalue weighted by molar-refractivity contribution is -0.135. The predicted octanol–water partition coefficient (Wildman–Crippen LogP) is 7.49. The van der Waals surface area contributed by atoms with Crippen molar-refractivity contribution in [1.82, 2.24) is 45.4 Å². The Morgan fingerprint density at radius 3 is 1.80 bits per heavy atom. The zero-order chi connectivity index (χ0) is 42.6. The fourth-order valence-electron chi connectivity index (χ4n) is 8.43. The minimum absolute atomic E-state index is 0.109. The van der Waals surface area contributed by atoms with Crippen molar-refractivity contribution in [2.24, 2.45) is 5.92 Å². The minimum atomic E-state index is -0.943. The number of rotatable bonds is 11. The maximum atomic E-state index is 13.9. The van der Waals surface area contributed by atoms with Gasteiger partial charge in [-0.25, -0.2) is 19.6 Å². The van der Waals surface area contributed by atoms with Crippen molar-refractivity contribution in [3.8, 4) is 33.6 Å². The van der Waals surface area contributed by atoms with E-state index in [-0.39, 0.29) is 29.8 Å². The van der Waals surface area contributed by atoms with E-state index in [1.54, 1.807) is 35.6 Å². The fraction of sp³-hybridized carbons (Fsp3) is 0.326. The van der Waals surface area contributed by atoms with Crippen LogP contribution in [0.4, 0.5) is 9.59 Å². The Kier molecular flexibility index (Phi) is 11.8. The molecule has 2 aliphatic rings. The quantitative estimate of drug-likeness (QED) is 0.103. The van der Waals surface area contributed by atoms with E-state index in [0.29, 0.717) is 24.5 Å². The van der Waals surface area contributed by atoms with Crippen LogP contribution in [0.5, 0.6) is 0 Å². The van der Waals surface area contributed by atoms with Gasteiger partial charge in [0.2, 0.25) is 5.91 Å². The maximum Gasteiger partial charge on any atom is 0.407 e. The second-order valence-corrected chi connectivity index (χ2v) is 15.8. The standard InChI is InChI=1S/C46H49N9O6/c1-27(2)39(52-45(58)60-3)43(56)54-20-6-9-37(54)42-49-26-36(51-42)33-18-17-31-22-30(15-16-32(31)23-33)28-11-13-29(14-12-28)35-25-48-41(50-35)38-10-7-21-55(38)44(57)40(53-46(59)61-4)34-8-5-19-47-24-34/h5,8,11-19,22-27,37-40H,6-7,9-10,20-21H2,1-4H3,(H,48,50)(H,49,51)(H,52,58)(H,53,59)/t37-,38-,39?,40+/m0/s1. The first-order chi connectivity index (χ1) is 29.6. The molecule has 1 unspecified atom stereocenters. The molecule has 3 aromatic carbocycles. The number of carbonyl (C=O) groups is 4. The highest BCUT2D eigenvalue weighted by Gasteiger charge is 2.39. The summed E-state index contributed by atoms with van der Waals surface area (Å²) in [6.07, 6.45) is 8.64. The van der Waals surface area contributed by atoms with Crippen LogP contribution < -0.4 is 10.6 Å². The third-order valence-electron chi connectivity index (χ3n) is 11.7. The lowest BCUT2D eigenvalue weighted by atomic mass is 9.98. The van der Waals surface area contributed by atoms with Crippen LogP contribution in [0.15, 0.2) is 97.6 Å². The second-order valence-electron chi connectivity index (χ2n) is 15.8. The third kappa shape index (κ3) is 8.54. The van der Waals surface area contributed by atoms with Crippen LogP contribution in [0.3, 0.4) is 0 Å². The number of ether oxygens (including phenoxy) is 2. The number of fused-ring (bicyclic) bond motifs is 1. The van der Waals surface area contributed by atoms with Crippen LogP contribution in [0.2, 0.25) is 0 Å². The van der Waals surface area contributed by atoms with Gasteiger partial charge in [-0.3, -0.25) is 14.6 Å². The van der Waals surface area contributed by atoms with E-state index < -0.39 is 24.3 Å². The highest BCUT2D eigenvalue weighted by molar-refractivity contribution is 5.91. The predicted molar refractivity (Wildman–Crippen MR) is 229 cm³/mol. The van der Waals surface area contributed by atoms with E-state index in [2.05, 4.69) is 86.2 Å². The number of hydrogen-bond donors (Lipinski definition) is 4. The van der Waals surface area contributed by atoms with Gasteiger partial charge in [0, 0.05) is 36.6 Å². The molecule has 4 atom stereocenters. The Morgan fingerprint density at radius 1 is 0.672 bits per heavy atom. The number of hydrogen-bond acceptors (Lipinski definition) is 9. The molecule has 0 bridgehead atoms. The summed E-state index contributed by atoms with van der Waals surface area (Å²) in [5, 5.41) is 7.55. The molecule has 2 saturated heterocycles. The number of nitrogens with zero attached hydrogens (tertiary/aromatic N) is 5. The first kappa shape index (κ1) is 40.7. The number of carbonyl (C=O) groups excluding carboxylic acids is 4. The highest BCUT2D eigenvalue weighted by atomic mass is 16.5. The summed E-state index contributed by atoms with van der Waals surface area (Å²) in [6.45, 7) is 4.93. The summed E-state index contributed by atoms with van der Waals surface area (Å²) in [7, 11) is 2.56. The summed E-state index contributed by atoms with van der Waals surface area (Å²) in [5.74, 6) is 0.911. The molecule has 3 aromatic heterocycles. The Labute approximate surface area is 353 Å². The Hall–Kier alpha value is -7.03. The SMILES string of the molecule is COC(=O)NC(C(=O)N1CCC[C@H]1c1ncc(-c2ccc3cc(-c4ccc(-c5cnc([C@@H]6CCCN6C(=O)[C@H](NC(=O)OC)c6cccnc6)[nH]5)cc4)ccc3c2)[nH]1)C(C)C. The lowest BCUT2D eigenvalue weighted by Crippen LogP contribution is -2.51. The molecule has 314 valence electrons. The molecule has 15 nitrogen and oxygen atoms in total. The number of methoxy groups -OCH3 is 2. The molecule has 0 saturated carbocycles. The van der Waals surface area contributed by atoms with Crippen molar-refractivity contribution in [3.63, 3.8) is 0 Å². The molecular weight excluding hydrogens is 775 g/mol. The van der Waals surface area contributed by atoms with Gasteiger partial charge >= 0.3 is 12.2 Å². The van der Waals surface area contributed by atoms with E-state index in [4.69, 9.17) is 19.4 Å². The van der Waals surface area contributed by atoms with Gasteiger partial charge in [0.05, 0.1) is 50.1 Å². The van der Waals surface area contributed by atoms with Crippen LogP contribution >= 0.6 is 0 Å². The van der Waals surface area contributed by atoms with E-state index in [0.717, 1.165) is 75.9 Å². The fourth-order valence-corrected chi connectivity index (χ4v) is 8.43. The third-order valence-corrected chi connectivity index (χ3v) is 11.7. The smallest absolute Gasteiger partial charge is 0.407 e. The molecule has 2 fully saturated rings. The van der Waals surface area contributed by atoms with Gasteiger partial charge < -0.3 is 39.9 Å². The number of alkyl carbamates (subject to hydrolysis) is 2. The Bertz CT molecular complexity index is 2540. The number of imidazole rings is 2. The van der Waals surface area contributed by atoms with Crippen LogP contribution in [-0.2, 0) is 19.1 Å². The summed E-state index contributed by atoms with van der Waals surface area (Å²) in [5.41, 5.74) is 6.37. The average Bonchev–Trinajstić information content (AvgIpc) is 4.14. The second kappa shape index (κ2) is 17.7. The van der Waals surface area contributed by atoms with Crippen molar-refractivity contribution in [1.29, 1.82) is 0 Å². The molecule has 4 N–H and O–H groups in total. The van der Waals surface area contributed by atoms with Crippen LogP contribution in [0.25, 0.3) is 44.4 Å². The Morgan fingerprint density at radius 2 is 1.21 bits per heavy atom. The van der Waals surface area contributed by atoms with Gasteiger partial charge in [0.1, 0.15) is 23.7 Å². The first-order valence-corrected chi connectivity index (χ1v) is 20.6. The number of amides is 4. The number of H-pyrrole nitrogens is 2. The van der Waals surface area contributed by atoms with E-state index in [1.807, 2.05) is 24.9 Å². The highest BCUT2D eigenvalue weighted by Crippen LogP contribution is 2.36. The van der Waals surface area contributed by atoms with Crippen molar-refractivity contribution in [2.45, 2.75) is 63.7 Å². The van der Waals surface area contributed by atoms with Crippen molar-refractivity contribution >= 4 is 34.8 Å². The van der Waals surface area contributed by atoms with Gasteiger partial charge in [0.25, 0.3) is 5.91 Å². The molecule has 4 amide bonds. The molecule has 0 spiro atoms. The monoisotopic (exact) mass is 823 g/mol. The van der Waals surface area contributed by atoms with Crippen molar-refractivity contribution in [3.05, 3.63) is 115 Å². The van der Waals surface area contributed by atoms with Crippen molar-refractivity contribution < 1.29 is 28.7 Å². The largest absolute Gasteiger partial charge is 0.453 e. The molecule has 8 rings (SSSR count). The van der Waals surface area contributed by atoms with Gasteiger partial charge in [0.15, 0.2) is 0 Å². The molecule has 6 aromatic rings. The molecule has 15 heteroatoms. The summed E-state index contributed by atoms with van der Waals surface area (Å²) in [4.78, 5) is 75.7. The summed E-state index contributed by atoms with van der Waals surface area (Å²) in [6, 6.07) is 22.4. The summed E-state index contributed by atoms with van der Waals surface area (Å²) < 4.78 is 9.58. The maximum absolute atomic E-state index is 13.9. The Balaban J connectivity index is 0.942. The normalized spacial score (nSPS) is 17.3. The van der Waals surface area contributed by atoms with Gasteiger partial charge in [-0.1, -0.05) is 68.4 Å². The first-order valence-electron chi connectivity index (χ1n) is 20.6. The van der Waals surface area contributed by atoms with Crippen LogP contribution in [-0.4, -0.2) is 92.1 Å². The average molecular weight is 824 g/mol. The number of nitrogens with one attached hydrogen (secondary N) is 4. The lowest BCUT2D eigenvalue weighted by Gasteiger charge is -2.30. The van der Waals surface area contributed by atoms with Gasteiger partial charge in [-0.2, -0.15) is 0 Å². The minimum Gasteiger partial charge on any atom is -0.453 e. The zero-order valence-electron chi connectivity index (χ0n) is 34.6. The molecule has 5 heterocycles. The van der Waals surface area contributed by atoms with Gasteiger partial charge in [-0.05, 0) is 77.3 Å².